The molecule has 164 valence electrons. The Kier molecular flexibility index (Phi) is 6.44. The summed E-state index contributed by atoms with van der Waals surface area (Å²) in [5, 5.41) is 4.12. The molecule has 5 heteroatoms. The highest BCUT2D eigenvalue weighted by molar-refractivity contribution is 5.99. The largest absolute Gasteiger partial charge is 0.451 e. The number of amides is 1. The van der Waals surface area contributed by atoms with E-state index in [0.29, 0.717) is 18.2 Å². The molecule has 0 spiro atoms. The summed E-state index contributed by atoms with van der Waals surface area (Å²) in [5.41, 5.74) is 5.30. The summed E-state index contributed by atoms with van der Waals surface area (Å²) < 4.78 is 11.5. The third kappa shape index (κ3) is 4.68. The molecule has 3 aromatic rings. The molecule has 1 saturated heterocycles. The van der Waals surface area contributed by atoms with E-state index in [2.05, 4.69) is 48.3 Å². The summed E-state index contributed by atoms with van der Waals surface area (Å²) in [5.74, 6) is 0.732. The molecule has 2 heterocycles. The molecule has 1 unspecified atom stereocenters. The highest BCUT2D eigenvalue weighted by Crippen LogP contribution is 2.27. The fraction of sp³-hybridized carbons (Fsp3) is 0.423. The molecule has 31 heavy (non-hydrogen) atoms. The van der Waals surface area contributed by atoms with Crippen molar-refractivity contribution in [3.8, 4) is 0 Å². The van der Waals surface area contributed by atoms with Crippen molar-refractivity contribution in [2.45, 2.75) is 39.7 Å². The lowest BCUT2D eigenvalue weighted by Gasteiger charge is -2.35. The molecular formula is C26H32N2O3. The summed E-state index contributed by atoms with van der Waals surface area (Å²) in [4.78, 5) is 15.4. The van der Waals surface area contributed by atoms with Gasteiger partial charge in [0.1, 0.15) is 5.58 Å². The second kappa shape index (κ2) is 9.25. The molecule has 1 aliphatic rings. The Labute approximate surface area is 184 Å². The molecule has 5 nitrogen and oxygen atoms in total. The van der Waals surface area contributed by atoms with Crippen molar-refractivity contribution in [2.75, 3.05) is 32.8 Å². The number of rotatable bonds is 6. The van der Waals surface area contributed by atoms with Crippen molar-refractivity contribution in [2.24, 2.45) is 0 Å². The van der Waals surface area contributed by atoms with Gasteiger partial charge in [-0.1, -0.05) is 50.2 Å². The van der Waals surface area contributed by atoms with Crippen LogP contribution < -0.4 is 5.32 Å². The van der Waals surface area contributed by atoms with Crippen LogP contribution in [0.4, 0.5) is 0 Å². The van der Waals surface area contributed by atoms with Gasteiger partial charge in [0.15, 0.2) is 5.76 Å². The molecule has 0 saturated carbocycles. The van der Waals surface area contributed by atoms with E-state index in [0.717, 1.165) is 48.4 Å². The van der Waals surface area contributed by atoms with E-state index in [1.807, 2.05) is 32.0 Å². The molecule has 1 aromatic heterocycles. The lowest BCUT2D eigenvalue weighted by Crippen LogP contribution is -2.43. The maximum Gasteiger partial charge on any atom is 0.287 e. The number of carbonyl (C=O) groups is 1. The lowest BCUT2D eigenvalue weighted by atomic mass is 9.98. The predicted molar refractivity (Wildman–Crippen MR) is 124 cm³/mol. The number of hydrogen-bond acceptors (Lipinski definition) is 4. The van der Waals surface area contributed by atoms with Crippen molar-refractivity contribution in [3.63, 3.8) is 0 Å². The van der Waals surface area contributed by atoms with Gasteiger partial charge in [0.25, 0.3) is 5.91 Å². The van der Waals surface area contributed by atoms with Crippen molar-refractivity contribution in [1.29, 1.82) is 0 Å². The predicted octanol–water partition coefficient (Wildman–Crippen LogP) is 4.98. The average molecular weight is 421 g/mol. The third-order valence-electron chi connectivity index (χ3n) is 6.23. The third-order valence-corrected chi connectivity index (χ3v) is 6.23. The highest BCUT2D eigenvalue weighted by Gasteiger charge is 2.25. The van der Waals surface area contributed by atoms with Crippen molar-refractivity contribution in [1.82, 2.24) is 10.2 Å². The first-order chi connectivity index (χ1) is 14.9. The summed E-state index contributed by atoms with van der Waals surface area (Å²) in [7, 11) is 0. The Hall–Kier alpha value is -2.63. The number of benzene rings is 2. The van der Waals surface area contributed by atoms with E-state index in [-0.39, 0.29) is 11.9 Å². The normalized spacial score (nSPS) is 16.0. The van der Waals surface area contributed by atoms with Crippen LogP contribution in [0.5, 0.6) is 0 Å². The number of fused-ring (bicyclic) bond motifs is 1. The Balaban J connectivity index is 1.54. The van der Waals surface area contributed by atoms with Crippen LogP contribution in [0.1, 0.15) is 58.6 Å². The molecule has 0 radical (unpaired) electrons. The minimum Gasteiger partial charge on any atom is -0.451 e. The maximum atomic E-state index is 13.0. The van der Waals surface area contributed by atoms with E-state index >= 15 is 0 Å². The van der Waals surface area contributed by atoms with Crippen molar-refractivity contribution < 1.29 is 13.9 Å². The van der Waals surface area contributed by atoms with Crippen LogP contribution >= 0.6 is 0 Å². The van der Waals surface area contributed by atoms with Gasteiger partial charge in [-0.3, -0.25) is 9.69 Å². The van der Waals surface area contributed by atoms with Crippen LogP contribution in [0, 0.1) is 13.8 Å². The number of furan rings is 1. The first-order valence-corrected chi connectivity index (χ1v) is 11.1. The Morgan fingerprint density at radius 2 is 1.71 bits per heavy atom. The number of aryl methyl sites for hydroxylation is 2. The lowest BCUT2D eigenvalue weighted by molar-refractivity contribution is 0.0161. The number of carbonyl (C=O) groups excluding carboxylic acids is 1. The average Bonchev–Trinajstić information content (AvgIpc) is 3.10. The van der Waals surface area contributed by atoms with Crippen LogP contribution in [0.2, 0.25) is 0 Å². The zero-order valence-corrected chi connectivity index (χ0v) is 18.9. The van der Waals surface area contributed by atoms with Gasteiger partial charge in [-0.25, -0.2) is 0 Å². The molecule has 1 atom stereocenters. The molecule has 0 aliphatic carbocycles. The number of nitrogens with zero attached hydrogens (tertiary/aromatic N) is 1. The second-order valence-electron chi connectivity index (χ2n) is 8.75. The Morgan fingerprint density at radius 3 is 2.39 bits per heavy atom. The molecular weight excluding hydrogens is 388 g/mol. The minimum absolute atomic E-state index is 0.0981. The van der Waals surface area contributed by atoms with Crippen LogP contribution in [-0.2, 0) is 4.74 Å². The fourth-order valence-corrected chi connectivity index (χ4v) is 4.27. The van der Waals surface area contributed by atoms with Gasteiger partial charge in [-0.2, -0.15) is 0 Å². The van der Waals surface area contributed by atoms with Gasteiger partial charge in [0.2, 0.25) is 0 Å². The Morgan fingerprint density at radius 1 is 1.03 bits per heavy atom. The monoisotopic (exact) mass is 420 g/mol. The van der Waals surface area contributed by atoms with Crippen LogP contribution in [0.25, 0.3) is 11.0 Å². The van der Waals surface area contributed by atoms with Crippen molar-refractivity contribution >= 4 is 16.9 Å². The number of nitrogens with one attached hydrogen (secondary N) is 1. The smallest absolute Gasteiger partial charge is 0.287 e. The fourth-order valence-electron chi connectivity index (χ4n) is 4.27. The van der Waals surface area contributed by atoms with Crippen LogP contribution in [0.15, 0.2) is 46.9 Å². The highest BCUT2D eigenvalue weighted by atomic mass is 16.5. The van der Waals surface area contributed by atoms with E-state index in [1.165, 1.54) is 11.1 Å². The summed E-state index contributed by atoms with van der Waals surface area (Å²) in [6, 6.07) is 14.9. The maximum absolute atomic E-state index is 13.0. The van der Waals surface area contributed by atoms with Crippen molar-refractivity contribution in [3.05, 3.63) is 70.5 Å². The number of ether oxygens (including phenoxy) is 1. The molecule has 1 N–H and O–H groups in total. The van der Waals surface area contributed by atoms with Gasteiger partial charge < -0.3 is 14.5 Å². The van der Waals surface area contributed by atoms with Gasteiger partial charge in [0.05, 0.1) is 19.3 Å². The van der Waals surface area contributed by atoms with Gasteiger partial charge in [-0.15, -0.1) is 0 Å². The quantitative estimate of drug-likeness (QED) is 0.611. The first kappa shape index (κ1) is 21.6. The van der Waals surface area contributed by atoms with Gasteiger partial charge >= 0.3 is 0 Å². The number of morpholine rings is 1. The van der Waals surface area contributed by atoms with Gasteiger partial charge in [0, 0.05) is 30.6 Å². The van der Waals surface area contributed by atoms with Crippen LogP contribution in [-0.4, -0.2) is 43.7 Å². The molecule has 0 bridgehead atoms. The molecule has 2 aromatic carbocycles. The molecule has 1 fully saturated rings. The Bertz CT molecular complexity index is 1050. The molecule has 1 aliphatic heterocycles. The second-order valence-corrected chi connectivity index (χ2v) is 8.75. The number of hydrogen-bond donors (Lipinski definition) is 1. The minimum atomic E-state index is -0.164. The molecule has 4 rings (SSSR count). The van der Waals surface area contributed by atoms with E-state index < -0.39 is 0 Å². The van der Waals surface area contributed by atoms with E-state index in [9.17, 15) is 4.79 Å². The molecule has 1 amide bonds. The zero-order valence-electron chi connectivity index (χ0n) is 18.9. The first-order valence-electron chi connectivity index (χ1n) is 11.1. The SMILES string of the molecule is Cc1ccc2c(C)c(C(=O)NCC(c3ccc(C(C)C)cc3)N3CCOCC3)oc2c1. The van der Waals surface area contributed by atoms with Crippen LogP contribution in [0.3, 0.4) is 0 Å². The topological polar surface area (TPSA) is 54.7 Å². The standard InChI is InChI=1S/C26H32N2O3/c1-17(2)20-6-8-21(9-7-20)23(28-11-13-30-14-12-28)16-27-26(29)25-19(4)22-10-5-18(3)15-24(22)31-25/h5-10,15,17,23H,11-14,16H2,1-4H3,(H,27,29). The zero-order chi connectivity index (χ0) is 22.0. The summed E-state index contributed by atoms with van der Waals surface area (Å²) in [6.07, 6.45) is 0. The summed E-state index contributed by atoms with van der Waals surface area (Å²) >= 11 is 0. The van der Waals surface area contributed by atoms with E-state index in [4.69, 9.17) is 9.15 Å². The summed E-state index contributed by atoms with van der Waals surface area (Å²) in [6.45, 7) is 12.0. The van der Waals surface area contributed by atoms with Gasteiger partial charge in [-0.05, 0) is 42.5 Å². The van der Waals surface area contributed by atoms with E-state index in [1.54, 1.807) is 0 Å².